The molecule has 0 aromatic heterocycles. The van der Waals surface area contributed by atoms with E-state index in [1.807, 2.05) is 36.4 Å². The lowest BCUT2D eigenvalue weighted by Crippen LogP contribution is -2.52. The van der Waals surface area contributed by atoms with Crippen LogP contribution in [0.25, 0.3) is 0 Å². The summed E-state index contributed by atoms with van der Waals surface area (Å²) in [5, 5.41) is 2.66. The number of likely N-dealkylation sites (N-methyl/N-ethyl adjacent to an activating group) is 1. The molecule has 10 heteroatoms. The standard InChI is InChI=1S/C27H30BrN3O5S/c1-29-27(33)25(17-20-8-5-4-6-9-20)30(18-21-10-7-11-24(16-21)36-2)26(32)19-31(37(3,34)35)23-14-12-22(28)13-15-23/h4-16,25H,17-19H2,1-3H3,(H,29,33). The van der Waals surface area contributed by atoms with Crippen molar-refractivity contribution in [2.45, 2.75) is 19.0 Å². The molecule has 8 nitrogen and oxygen atoms in total. The van der Waals surface area contributed by atoms with Crippen molar-refractivity contribution in [3.63, 3.8) is 0 Å². The Hall–Kier alpha value is -3.37. The lowest BCUT2D eigenvalue weighted by Gasteiger charge is -2.33. The fourth-order valence-electron chi connectivity index (χ4n) is 3.91. The lowest BCUT2D eigenvalue weighted by atomic mass is 10.0. The first-order valence-electron chi connectivity index (χ1n) is 11.5. The molecule has 0 aliphatic rings. The average Bonchev–Trinajstić information content (AvgIpc) is 2.89. The molecule has 3 aromatic rings. The highest BCUT2D eigenvalue weighted by molar-refractivity contribution is 9.10. The molecule has 1 N–H and O–H groups in total. The maximum Gasteiger partial charge on any atom is 0.244 e. The fraction of sp³-hybridized carbons (Fsp3) is 0.259. The SMILES string of the molecule is CNC(=O)C(Cc1ccccc1)N(Cc1cccc(OC)c1)C(=O)CN(c1ccc(Br)cc1)S(C)(=O)=O. The number of hydrogen-bond acceptors (Lipinski definition) is 5. The van der Waals surface area contributed by atoms with Gasteiger partial charge in [0.05, 0.1) is 19.1 Å². The molecule has 1 unspecified atom stereocenters. The molecule has 0 aliphatic heterocycles. The maximum absolute atomic E-state index is 13.9. The van der Waals surface area contributed by atoms with Gasteiger partial charge in [0.15, 0.2) is 0 Å². The summed E-state index contributed by atoms with van der Waals surface area (Å²) in [6.45, 7) is -0.383. The van der Waals surface area contributed by atoms with E-state index in [0.717, 1.165) is 26.2 Å². The third kappa shape index (κ3) is 7.80. The van der Waals surface area contributed by atoms with E-state index in [1.54, 1.807) is 49.6 Å². The van der Waals surface area contributed by atoms with Crippen LogP contribution in [0.3, 0.4) is 0 Å². The predicted molar refractivity (Wildman–Crippen MR) is 148 cm³/mol. The number of carbonyl (C=O) groups excluding carboxylic acids is 2. The first-order chi connectivity index (χ1) is 17.6. The summed E-state index contributed by atoms with van der Waals surface area (Å²) in [6, 6.07) is 22.3. The van der Waals surface area contributed by atoms with Crippen molar-refractivity contribution in [1.29, 1.82) is 0 Å². The van der Waals surface area contributed by atoms with E-state index in [-0.39, 0.29) is 18.9 Å². The minimum Gasteiger partial charge on any atom is -0.497 e. The molecule has 0 bridgehead atoms. The van der Waals surface area contributed by atoms with Gasteiger partial charge in [0, 0.05) is 24.5 Å². The Bertz CT molecular complexity index is 1320. The van der Waals surface area contributed by atoms with Gasteiger partial charge in [0.2, 0.25) is 21.8 Å². The van der Waals surface area contributed by atoms with Crippen LogP contribution >= 0.6 is 15.9 Å². The number of hydrogen-bond donors (Lipinski definition) is 1. The van der Waals surface area contributed by atoms with Crippen LogP contribution in [0, 0.1) is 0 Å². The van der Waals surface area contributed by atoms with E-state index in [4.69, 9.17) is 4.74 Å². The summed E-state index contributed by atoms with van der Waals surface area (Å²) in [5.74, 6) is -0.257. The number of ether oxygens (including phenoxy) is 1. The van der Waals surface area contributed by atoms with Gasteiger partial charge in [-0.05, 0) is 47.5 Å². The normalized spacial score (nSPS) is 11.9. The van der Waals surface area contributed by atoms with E-state index >= 15 is 0 Å². The first-order valence-corrected chi connectivity index (χ1v) is 14.2. The molecular weight excluding hydrogens is 558 g/mol. The minimum absolute atomic E-state index is 0.0822. The van der Waals surface area contributed by atoms with Crippen LogP contribution in [0.15, 0.2) is 83.3 Å². The van der Waals surface area contributed by atoms with Gasteiger partial charge in [-0.3, -0.25) is 13.9 Å². The largest absolute Gasteiger partial charge is 0.497 e. The third-order valence-corrected chi connectivity index (χ3v) is 7.47. The van der Waals surface area contributed by atoms with Gasteiger partial charge in [-0.25, -0.2) is 8.42 Å². The van der Waals surface area contributed by atoms with E-state index in [2.05, 4.69) is 21.2 Å². The topological polar surface area (TPSA) is 96.0 Å². The number of rotatable bonds is 11. The number of nitrogens with zero attached hydrogens (tertiary/aromatic N) is 2. The highest BCUT2D eigenvalue weighted by Gasteiger charge is 2.32. The summed E-state index contributed by atoms with van der Waals surface area (Å²) >= 11 is 3.34. The Morgan fingerprint density at radius 3 is 2.22 bits per heavy atom. The van der Waals surface area contributed by atoms with Crippen LogP contribution in [-0.4, -0.2) is 58.1 Å². The number of sulfonamides is 1. The van der Waals surface area contributed by atoms with Gasteiger partial charge in [0.25, 0.3) is 0 Å². The second-order valence-electron chi connectivity index (χ2n) is 8.44. The second kappa shape index (κ2) is 12.7. The number of anilines is 1. The van der Waals surface area contributed by atoms with Crippen molar-refractivity contribution in [2.24, 2.45) is 0 Å². The van der Waals surface area contributed by atoms with Crippen LogP contribution in [0.5, 0.6) is 5.75 Å². The molecule has 1 atom stereocenters. The van der Waals surface area contributed by atoms with Crippen molar-refractivity contribution < 1.29 is 22.7 Å². The molecule has 2 amide bonds. The molecule has 37 heavy (non-hydrogen) atoms. The second-order valence-corrected chi connectivity index (χ2v) is 11.3. The summed E-state index contributed by atoms with van der Waals surface area (Å²) < 4.78 is 32.6. The van der Waals surface area contributed by atoms with Crippen LogP contribution in [0.2, 0.25) is 0 Å². The Morgan fingerprint density at radius 1 is 0.973 bits per heavy atom. The minimum atomic E-state index is -3.80. The zero-order valence-electron chi connectivity index (χ0n) is 20.9. The van der Waals surface area contributed by atoms with E-state index in [1.165, 1.54) is 11.9 Å². The van der Waals surface area contributed by atoms with Crippen molar-refractivity contribution in [2.75, 3.05) is 31.3 Å². The number of nitrogens with one attached hydrogen (secondary N) is 1. The van der Waals surface area contributed by atoms with Crippen molar-refractivity contribution in [3.8, 4) is 5.75 Å². The van der Waals surface area contributed by atoms with Crippen LogP contribution in [0.4, 0.5) is 5.69 Å². The van der Waals surface area contributed by atoms with Crippen molar-refractivity contribution in [3.05, 3.63) is 94.5 Å². The van der Waals surface area contributed by atoms with Gasteiger partial charge in [-0.2, -0.15) is 0 Å². The van der Waals surface area contributed by atoms with E-state index in [0.29, 0.717) is 11.4 Å². The molecule has 0 fully saturated rings. The highest BCUT2D eigenvalue weighted by Crippen LogP contribution is 2.23. The fourth-order valence-corrected chi connectivity index (χ4v) is 5.02. The first kappa shape index (κ1) is 28.2. The molecule has 0 heterocycles. The number of halogens is 1. The molecule has 0 saturated carbocycles. The summed E-state index contributed by atoms with van der Waals surface area (Å²) in [6.07, 6.45) is 1.31. The van der Waals surface area contributed by atoms with Crippen LogP contribution in [-0.2, 0) is 32.6 Å². The highest BCUT2D eigenvalue weighted by atomic mass is 79.9. The molecular formula is C27H30BrN3O5S. The van der Waals surface area contributed by atoms with Gasteiger partial charge in [-0.1, -0.05) is 58.4 Å². The van der Waals surface area contributed by atoms with E-state index < -0.39 is 28.5 Å². The number of benzene rings is 3. The molecule has 0 spiro atoms. The van der Waals surface area contributed by atoms with Gasteiger partial charge in [-0.15, -0.1) is 0 Å². The monoisotopic (exact) mass is 587 g/mol. The van der Waals surface area contributed by atoms with E-state index in [9.17, 15) is 18.0 Å². The maximum atomic E-state index is 13.9. The van der Waals surface area contributed by atoms with Gasteiger partial charge in [0.1, 0.15) is 18.3 Å². The molecule has 0 radical (unpaired) electrons. The predicted octanol–water partition coefficient (Wildman–Crippen LogP) is 3.61. The molecule has 196 valence electrons. The molecule has 3 aromatic carbocycles. The lowest BCUT2D eigenvalue weighted by molar-refractivity contribution is -0.139. The smallest absolute Gasteiger partial charge is 0.244 e. The quantitative estimate of drug-likeness (QED) is 0.370. The number of carbonyl (C=O) groups is 2. The molecule has 0 saturated heterocycles. The van der Waals surface area contributed by atoms with Crippen molar-refractivity contribution in [1.82, 2.24) is 10.2 Å². The third-order valence-electron chi connectivity index (χ3n) is 5.80. The molecule has 3 rings (SSSR count). The summed E-state index contributed by atoms with van der Waals surface area (Å²) in [4.78, 5) is 28.4. The Kier molecular flexibility index (Phi) is 9.71. The summed E-state index contributed by atoms with van der Waals surface area (Å²) in [5.41, 5.74) is 1.96. The van der Waals surface area contributed by atoms with Crippen LogP contribution < -0.4 is 14.4 Å². The Balaban J connectivity index is 2.02. The number of amides is 2. The van der Waals surface area contributed by atoms with Crippen LogP contribution in [0.1, 0.15) is 11.1 Å². The van der Waals surface area contributed by atoms with Gasteiger partial charge < -0.3 is 15.0 Å². The molecule has 0 aliphatic carbocycles. The number of methoxy groups -OCH3 is 1. The Morgan fingerprint density at radius 2 is 1.62 bits per heavy atom. The zero-order chi connectivity index (χ0) is 27.0. The summed E-state index contributed by atoms with van der Waals surface area (Å²) in [7, 11) is -0.742. The van der Waals surface area contributed by atoms with Gasteiger partial charge >= 0.3 is 0 Å². The Labute approximate surface area is 226 Å². The average molecular weight is 589 g/mol. The zero-order valence-corrected chi connectivity index (χ0v) is 23.3. The van der Waals surface area contributed by atoms with Crippen molar-refractivity contribution >= 4 is 43.5 Å².